The van der Waals surface area contributed by atoms with Crippen LogP contribution in [0.3, 0.4) is 0 Å². The Balaban J connectivity index is 0.697. The number of hydrogen-bond donors (Lipinski definition) is 4. The maximum Gasteiger partial charge on any atom is 0.319 e. The van der Waals surface area contributed by atoms with Gasteiger partial charge in [0.15, 0.2) is 5.82 Å². The Hall–Kier alpha value is -6.81. The number of carbonyl (C=O) groups excluding carboxylic acids is 4. The highest BCUT2D eigenvalue weighted by molar-refractivity contribution is 7.13. The number of amides is 4. The number of aryl methyl sites for hydroxylation is 1. The molecule has 4 aromatic carbocycles. The molecule has 6 heterocycles. The molecule has 18 nitrogen and oxygen atoms in total. The minimum atomic E-state index is -0.899. The minimum Gasteiger partial charge on any atom is -0.508 e. The summed E-state index contributed by atoms with van der Waals surface area (Å²) in [5, 5.41) is 29.5. The van der Waals surface area contributed by atoms with Crippen molar-refractivity contribution in [2.75, 3.05) is 103 Å². The van der Waals surface area contributed by atoms with Crippen LogP contribution in [0.4, 0.5) is 10.2 Å². The van der Waals surface area contributed by atoms with Gasteiger partial charge in [-0.3, -0.25) is 29.0 Å². The summed E-state index contributed by atoms with van der Waals surface area (Å²) in [5.41, 5.74) is 4.91. The van der Waals surface area contributed by atoms with E-state index in [4.69, 9.17) is 26.3 Å². The lowest BCUT2D eigenvalue weighted by Crippen LogP contribution is -2.59. The number of benzene rings is 4. The lowest BCUT2D eigenvalue weighted by atomic mass is 9.85. The normalized spacial score (nSPS) is 19.4. The van der Waals surface area contributed by atoms with Crippen LogP contribution in [0.15, 0.2) is 84.9 Å². The molecule has 446 valence electrons. The molecule has 84 heavy (non-hydrogen) atoms. The second kappa shape index (κ2) is 26.2. The fraction of sp³-hybridized carbons (Fsp3) is 0.476. The van der Waals surface area contributed by atoms with Crippen molar-refractivity contribution >= 4 is 74.1 Å². The fourth-order valence-electron chi connectivity index (χ4n) is 12.3. The number of likely N-dealkylation sites (tertiary alicyclic amines) is 2. The molecule has 10 rings (SSSR count). The van der Waals surface area contributed by atoms with Gasteiger partial charge in [0, 0.05) is 95.9 Å². The second-order valence-electron chi connectivity index (χ2n) is 24.0. The predicted octanol–water partition coefficient (Wildman–Crippen LogP) is 7.16. The van der Waals surface area contributed by atoms with Gasteiger partial charge < -0.3 is 45.2 Å². The molecule has 4 aliphatic heterocycles. The summed E-state index contributed by atoms with van der Waals surface area (Å²) in [5.74, 6) is -0.862. The summed E-state index contributed by atoms with van der Waals surface area (Å²) in [6, 6.07) is 18.7. The number of nitrogens with zero attached hydrogens (tertiary/aromatic N) is 9. The van der Waals surface area contributed by atoms with E-state index in [1.54, 1.807) is 28.4 Å². The standard InChI is InChI=1S/C63H77ClFN11O7S/c1-7-53(80)74-26-28-75(29-27-74)59-49-33-50(64)54(48-31-45(77)30-44-10-8-9-11-47(44)48)55(65)56(49)69-62(70-59)83-39(2)34-72-22-24-73(25-23-72)35-42-17-20-71(21-18-42)37-52(79)68-58(63(4,5)6)61(82)76-36-46(78)32-51(76)60(81)66-19-16-41-12-14-43(15-13-41)57-40(3)67-38-84-57/h7-15,30-31,33,38-39,42,46,51,58,77-78H,1,16-29,32,34-37H2,2-6H3,(H,66,81)(H,68,79)/t39-,46+,51+,58-/m1/s1. The zero-order valence-electron chi connectivity index (χ0n) is 48.7. The maximum atomic E-state index is 17.2. The third-order valence-corrected chi connectivity index (χ3v) is 18.1. The highest BCUT2D eigenvalue weighted by Gasteiger charge is 2.45. The number of aromatic nitrogens is 3. The highest BCUT2D eigenvalue weighted by Crippen LogP contribution is 2.43. The average Bonchev–Trinajstić information content (AvgIpc) is 3.45. The Morgan fingerprint density at radius 1 is 0.917 bits per heavy atom. The quantitative estimate of drug-likeness (QED) is 0.0632. The van der Waals surface area contributed by atoms with E-state index in [-0.39, 0.29) is 77.1 Å². The van der Waals surface area contributed by atoms with Crippen molar-refractivity contribution in [3.05, 3.63) is 107 Å². The zero-order valence-corrected chi connectivity index (χ0v) is 50.2. The van der Waals surface area contributed by atoms with Crippen LogP contribution in [0.25, 0.3) is 43.2 Å². The predicted molar refractivity (Wildman–Crippen MR) is 327 cm³/mol. The number of phenolic OH excluding ortho intramolecular Hbond substituents is 1. The van der Waals surface area contributed by atoms with Gasteiger partial charge in [-0.2, -0.15) is 9.97 Å². The average molecular weight is 1190 g/mol. The van der Waals surface area contributed by atoms with E-state index in [1.165, 1.54) is 17.0 Å². The topological polar surface area (TPSA) is 200 Å². The monoisotopic (exact) mass is 1190 g/mol. The van der Waals surface area contributed by atoms with Crippen molar-refractivity contribution in [1.29, 1.82) is 0 Å². The molecule has 6 aromatic rings. The summed E-state index contributed by atoms with van der Waals surface area (Å²) >= 11 is 8.56. The van der Waals surface area contributed by atoms with Crippen molar-refractivity contribution in [2.24, 2.45) is 11.3 Å². The number of hydrogen-bond acceptors (Lipinski definition) is 15. The smallest absolute Gasteiger partial charge is 0.319 e. The molecule has 4 amide bonds. The van der Waals surface area contributed by atoms with Crippen LogP contribution in [0.5, 0.6) is 11.8 Å². The first-order valence-corrected chi connectivity index (χ1v) is 30.5. The Labute approximate surface area is 499 Å². The van der Waals surface area contributed by atoms with E-state index in [9.17, 15) is 29.4 Å². The van der Waals surface area contributed by atoms with E-state index in [1.807, 2.05) is 81.4 Å². The summed E-state index contributed by atoms with van der Waals surface area (Å²) in [7, 11) is 0. The molecule has 4 atom stereocenters. The number of rotatable bonds is 18. The number of ether oxygens (including phenoxy) is 1. The van der Waals surface area contributed by atoms with Crippen LogP contribution < -0.4 is 20.3 Å². The Bertz CT molecular complexity index is 3370. The van der Waals surface area contributed by atoms with Gasteiger partial charge in [0.2, 0.25) is 23.6 Å². The van der Waals surface area contributed by atoms with Crippen LogP contribution in [0.1, 0.15) is 58.2 Å². The number of piperidine rings is 1. The van der Waals surface area contributed by atoms with Crippen LogP contribution in [-0.4, -0.2) is 196 Å². The molecule has 0 bridgehead atoms. The van der Waals surface area contributed by atoms with Gasteiger partial charge in [-0.05, 0) is 109 Å². The molecule has 4 fully saturated rings. The highest BCUT2D eigenvalue weighted by atomic mass is 35.5. The van der Waals surface area contributed by atoms with E-state index >= 15 is 4.39 Å². The molecule has 21 heteroatoms. The number of thiazole rings is 1. The number of halogens is 2. The maximum absolute atomic E-state index is 17.2. The lowest BCUT2D eigenvalue weighted by molar-refractivity contribution is -0.144. The van der Waals surface area contributed by atoms with E-state index < -0.39 is 29.4 Å². The second-order valence-corrected chi connectivity index (χ2v) is 25.3. The molecule has 0 saturated carbocycles. The van der Waals surface area contributed by atoms with Gasteiger partial charge in [0.25, 0.3) is 0 Å². The number of phenols is 1. The van der Waals surface area contributed by atoms with E-state index in [0.717, 1.165) is 91.1 Å². The van der Waals surface area contributed by atoms with Gasteiger partial charge >= 0.3 is 6.01 Å². The third-order valence-electron chi connectivity index (χ3n) is 16.9. The molecular formula is C63H77ClFN11O7S. The number of aliphatic hydroxyl groups is 1. The van der Waals surface area contributed by atoms with Crippen LogP contribution in [0, 0.1) is 24.1 Å². The number of carbonyl (C=O) groups is 4. The number of fused-ring (bicyclic) bond motifs is 2. The molecule has 0 radical (unpaired) electrons. The van der Waals surface area contributed by atoms with E-state index in [2.05, 4.69) is 49.0 Å². The first-order valence-electron chi connectivity index (χ1n) is 29.3. The molecule has 0 aliphatic carbocycles. The Kier molecular flexibility index (Phi) is 18.8. The number of piperazine rings is 2. The summed E-state index contributed by atoms with van der Waals surface area (Å²) in [6.07, 6.45) is 2.71. The van der Waals surface area contributed by atoms with Gasteiger partial charge in [-0.25, -0.2) is 9.37 Å². The first kappa shape index (κ1) is 60.3. The van der Waals surface area contributed by atoms with Crippen LogP contribution in [0.2, 0.25) is 5.02 Å². The SMILES string of the molecule is C=CC(=O)N1CCN(c2nc(O[C@H](C)CN3CCN(CC4CCN(CC(=O)N[C@H](C(=O)N5C[C@@H](O)C[C@H]5C(=O)NCCc5ccc(-c6scnc6C)cc5)C(C)(C)C)CC4)CC3)nc3c(F)c(-c4cc(O)cc5ccccc45)c(Cl)cc23)CC1. The zero-order chi connectivity index (χ0) is 59.4. The largest absolute Gasteiger partial charge is 0.508 e. The number of anilines is 1. The summed E-state index contributed by atoms with van der Waals surface area (Å²) < 4.78 is 23.7. The lowest BCUT2D eigenvalue weighted by Gasteiger charge is -2.39. The first-order chi connectivity index (χ1) is 40.3. The number of β-amino-alcohol motifs (C(OH)–C–C–N with tert-alkyl or cyclic N) is 1. The molecule has 4 aliphatic rings. The van der Waals surface area contributed by atoms with Gasteiger partial charge in [0.1, 0.15) is 35.3 Å². The van der Waals surface area contributed by atoms with Gasteiger partial charge in [-0.1, -0.05) is 87.5 Å². The van der Waals surface area contributed by atoms with E-state index in [0.29, 0.717) is 68.4 Å². The van der Waals surface area contributed by atoms with Gasteiger partial charge in [0.05, 0.1) is 33.8 Å². The van der Waals surface area contributed by atoms with Crippen molar-refractivity contribution < 1.29 is 38.5 Å². The van der Waals surface area contributed by atoms with Crippen molar-refractivity contribution in [1.82, 2.24) is 50.1 Å². The van der Waals surface area contributed by atoms with Crippen molar-refractivity contribution in [3.63, 3.8) is 0 Å². The number of aromatic hydroxyl groups is 1. The minimum absolute atomic E-state index is 0.0163. The fourth-order valence-corrected chi connectivity index (χ4v) is 13.4. The van der Waals surface area contributed by atoms with Crippen LogP contribution >= 0.6 is 22.9 Å². The van der Waals surface area contributed by atoms with Crippen LogP contribution in [-0.2, 0) is 25.6 Å². The number of nitrogens with one attached hydrogen (secondary N) is 2. The molecule has 2 aromatic heterocycles. The van der Waals surface area contributed by atoms with Crippen molar-refractivity contribution in [2.45, 2.75) is 84.6 Å². The van der Waals surface area contributed by atoms with Gasteiger partial charge in [-0.15, -0.1) is 11.3 Å². The molecule has 4 N–H and O–H groups in total. The third kappa shape index (κ3) is 14.0. The Morgan fingerprint density at radius 3 is 2.32 bits per heavy atom. The number of aliphatic hydroxyl groups excluding tert-OH is 1. The molecule has 0 spiro atoms. The Morgan fingerprint density at radius 2 is 1.63 bits per heavy atom. The molecular weight excluding hydrogens is 1110 g/mol. The molecule has 4 saturated heterocycles. The van der Waals surface area contributed by atoms with Crippen molar-refractivity contribution in [3.8, 4) is 33.3 Å². The molecule has 0 unspecified atom stereocenters. The summed E-state index contributed by atoms with van der Waals surface area (Å²) in [6.45, 7) is 22.0. The summed E-state index contributed by atoms with van der Waals surface area (Å²) in [4.78, 5) is 81.3.